The minimum absolute atomic E-state index is 0.0652. The molecule has 0 radical (unpaired) electrons. The number of carbonyl (C=O) groups excluding carboxylic acids is 1. The molecular weight excluding hydrogens is 499 g/mol. The van der Waals surface area contributed by atoms with Gasteiger partial charge in [-0.05, 0) is 72.5 Å². The van der Waals surface area contributed by atoms with E-state index in [1.807, 2.05) is 0 Å². The van der Waals surface area contributed by atoms with Gasteiger partial charge in [-0.2, -0.15) is 4.31 Å². The van der Waals surface area contributed by atoms with Gasteiger partial charge in [0.25, 0.3) is 5.56 Å². The highest BCUT2D eigenvalue weighted by Crippen LogP contribution is 2.23. The van der Waals surface area contributed by atoms with Gasteiger partial charge in [0.15, 0.2) is 0 Å². The van der Waals surface area contributed by atoms with Crippen LogP contribution in [-0.4, -0.2) is 37.4 Å². The number of fused-ring (bicyclic) bond motifs is 1. The van der Waals surface area contributed by atoms with E-state index in [0.717, 1.165) is 4.31 Å². The molecule has 1 N–H and O–H groups in total. The summed E-state index contributed by atoms with van der Waals surface area (Å²) >= 11 is 0. The van der Waals surface area contributed by atoms with E-state index in [2.05, 4.69) is 4.98 Å². The van der Waals surface area contributed by atoms with E-state index in [4.69, 9.17) is 9.47 Å². The first kappa shape index (κ1) is 26.1. The molecule has 0 unspecified atom stereocenters. The molecule has 0 atom stereocenters. The average Bonchev–Trinajstić information content (AvgIpc) is 2.89. The number of aromatic amines is 1. The molecule has 0 spiro atoms. The summed E-state index contributed by atoms with van der Waals surface area (Å²) in [4.78, 5) is 27.6. The Balaban J connectivity index is 1.72. The maximum absolute atomic E-state index is 13.7. The Kier molecular flexibility index (Phi) is 7.70. The van der Waals surface area contributed by atoms with Crippen LogP contribution in [0.4, 0.5) is 4.39 Å². The second kappa shape index (κ2) is 10.9. The van der Waals surface area contributed by atoms with Crippen molar-refractivity contribution in [3.05, 3.63) is 106 Å². The Morgan fingerprint density at radius 2 is 1.68 bits per heavy atom. The summed E-state index contributed by atoms with van der Waals surface area (Å²) in [5, 5.41) is 0.702. The van der Waals surface area contributed by atoms with Gasteiger partial charge in [-0.25, -0.2) is 17.6 Å². The SMILES string of the molecule is CCOC(=O)c1ccc(S(=O)(=O)N(Cc2ccc(F)cc2)Cc2cc3ccc(OC)cc3[nH]c2=O)cc1. The van der Waals surface area contributed by atoms with Crippen LogP contribution < -0.4 is 10.3 Å². The number of nitrogens with zero attached hydrogens (tertiary/aromatic N) is 1. The minimum Gasteiger partial charge on any atom is -0.497 e. The number of sulfonamides is 1. The number of esters is 1. The van der Waals surface area contributed by atoms with Gasteiger partial charge in [0.2, 0.25) is 10.0 Å². The third-order valence-electron chi connectivity index (χ3n) is 5.75. The topological polar surface area (TPSA) is 106 Å². The summed E-state index contributed by atoms with van der Waals surface area (Å²) in [6.07, 6.45) is 0. The summed E-state index contributed by atoms with van der Waals surface area (Å²) in [6, 6.07) is 17.6. The zero-order valence-electron chi connectivity index (χ0n) is 20.2. The molecule has 0 aliphatic heterocycles. The van der Waals surface area contributed by atoms with Crippen LogP contribution in [0.3, 0.4) is 0 Å². The number of methoxy groups -OCH3 is 1. The van der Waals surface area contributed by atoms with E-state index in [9.17, 15) is 22.4 Å². The van der Waals surface area contributed by atoms with E-state index in [1.54, 1.807) is 31.2 Å². The first-order valence-electron chi connectivity index (χ1n) is 11.4. The Labute approximate surface area is 213 Å². The predicted molar refractivity (Wildman–Crippen MR) is 136 cm³/mol. The van der Waals surface area contributed by atoms with Crippen LogP contribution in [0.1, 0.15) is 28.4 Å². The molecule has 0 bridgehead atoms. The standard InChI is InChI=1S/C27H25FN2O6S/c1-3-36-27(32)19-7-12-24(13-8-19)37(33,34)30(16-18-4-9-22(28)10-5-18)17-21-14-20-6-11-23(35-2)15-25(20)29-26(21)31/h4-15H,3,16-17H2,1-2H3,(H,29,31). The monoisotopic (exact) mass is 524 g/mol. The quantitative estimate of drug-likeness (QED) is 0.328. The highest BCUT2D eigenvalue weighted by atomic mass is 32.2. The number of benzene rings is 3. The first-order valence-corrected chi connectivity index (χ1v) is 12.9. The number of hydrogen-bond donors (Lipinski definition) is 1. The summed E-state index contributed by atoms with van der Waals surface area (Å²) in [5.41, 5.74) is 1.09. The second-order valence-corrected chi connectivity index (χ2v) is 10.2. The van der Waals surface area contributed by atoms with E-state index in [1.165, 1.54) is 55.6 Å². The fraction of sp³-hybridized carbons (Fsp3) is 0.185. The number of aromatic nitrogens is 1. The summed E-state index contributed by atoms with van der Waals surface area (Å²) in [6.45, 7) is 1.52. The molecule has 4 rings (SSSR count). The normalized spacial score (nSPS) is 11.6. The van der Waals surface area contributed by atoms with Crippen LogP contribution in [0.25, 0.3) is 10.9 Å². The molecule has 4 aromatic rings. The van der Waals surface area contributed by atoms with Gasteiger partial charge in [-0.1, -0.05) is 12.1 Å². The third-order valence-corrected chi connectivity index (χ3v) is 7.56. The first-order chi connectivity index (χ1) is 17.7. The maximum atomic E-state index is 13.7. The fourth-order valence-electron chi connectivity index (χ4n) is 3.81. The Hall–Kier alpha value is -4.02. The molecule has 1 aromatic heterocycles. The average molecular weight is 525 g/mol. The molecule has 0 amide bonds. The molecule has 0 aliphatic carbocycles. The van der Waals surface area contributed by atoms with Crippen molar-refractivity contribution in [2.45, 2.75) is 24.9 Å². The fourth-order valence-corrected chi connectivity index (χ4v) is 5.21. The van der Waals surface area contributed by atoms with Gasteiger partial charge >= 0.3 is 5.97 Å². The molecule has 0 saturated carbocycles. The smallest absolute Gasteiger partial charge is 0.338 e. The molecule has 0 fully saturated rings. The van der Waals surface area contributed by atoms with Crippen LogP contribution in [0, 0.1) is 5.82 Å². The highest BCUT2D eigenvalue weighted by molar-refractivity contribution is 7.89. The number of ether oxygens (including phenoxy) is 2. The van der Waals surface area contributed by atoms with Crippen molar-refractivity contribution >= 4 is 26.9 Å². The number of carbonyl (C=O) groups is 1. The largest absolute Gasteiger partial charge is 0.497 e. The number of H-pyrrole nitrogens is 1. The molecule has 1 heterocycles. The predicted octanol–water partition coefficient (Wildman–Crippen LogP) is 4.24. The lowest BCUT2D eigenvalue weighted by atomic mass is 10.1. The van der Waals surface area contributed by atoms with Crippen LogP contribution in [0.5, 0.6) is 5.75 Å². The zero-order chi connectivity index (χ0) is 26.6. The van der Waals surface area contributed by atoms with Gasteiger partial charge in [0.1, 0.15) is 11.6 Å². The molecule has 3 aromatic carbocycles. The maximum Gasteiger partial charge on any atom is 0.338 e. The Bertz CT molecular complexity index is 1580. The molecular formula is C27H25FN2O6S. The number of hydrogen-bond acceptors (Lipinski definition) is 6. The highest BCUT2D eigenvalue weighted by Gasteiger charge is 2.26. The van der Waals surface area contributed by atoms with E-state index in [-0.39, 0.29) is 35.7 Å². The van der Waals surface area contributed by atoms with Crippen molar-refractivity contribution in [3.8, 4) is 5.75 Å². The van der Waals surface area contributed by atoms with Crippen molar-refractivity contribution in [1.82, 2.24) is 9.29 Å². The number of nitrogens with one attached hydrogen (secondary N) is 1. The lowest BCUT2D eigenvalue weighted by Crippen LogP contribution is -2.32. The van der Waals surface area contributed by atoms with Crippen LogP contribution in [0.15, 0.2) is 82.5 Å². The van der Waals surface area contributed by atoms with Gasteiger partial charge in [0.05, 0.1) is 29.7 Å². The van der Waals surface area contributed by atoms with E-state index < -0.39 is 27.4 Å². The molecule has 8 nitrogen and oxygen atoms in total. The van der Waals surface area contributed by atoms with Gasteiger partial charge in [0, 0.05) is 24.7 Å². The van der Waals surface area contributed by atoms with Crippen LogP contribution in [0.2, 0.25) is 0 Å². The van der Waals surface area contributed by atoms with Crippen molar-refractivity contribution < 1.29 is 27.1 Å². The number of rotatable bonds is 9. The van der Waals surface area contributed by atoms with E-state index >= 15 is 0 Å². The molecule has 10 heteroatoms. The Morgan fingerprint density at radius 1 is 0.973 bits per heavy atom. The number of halogens is 1. The number of pyridine rings is 1. The third kappa shape index (κ3) is 5.87. The zero-order valence-corrected chi connectivity index (χ0v) is 21.0. The Morgan fingerprint density at radius 3 is 2.32 bits per heavy atom. The lowest BCUT2D eigenvalue weighted by Gasteiger charge is -2.22. The van der Waals surface area contributed by atoms with Crippen molar-refractivity contribution in [1.29, 1.82) is 0 Å². The second-order valence-electron chi connectivity index (χ2n) is 8.22. The van der Waals surface area contributed by atoms with Crippen LogP contribution in [-0.2, 0) is 27.8 Å². The summed E-state index contributed by atoms with van der Waals surface area (Å²) in [7, 11) is -2.61. The van der Waals surface area contributed by atoms with Crippen molar-refractivity contribution in [2.24, 2.45) is 0 Å². The molecule has 0 saturated heterocycles. The van der Waals surface area contributed by atoms with Gasteiger partial charge in [-0.3, -0.25) is 4.79 Å². The van der Waals surface area contributed by atoms with E-state index in [0.29, 0.717) is 22.2 Å². The summed E-state index contributed by atoms with van der Waals surface area (Å²) < 4.78 is 52.1. The molecule has 192 valence electrons. The van der Waals surface area contributed by atoms with Crippen LogP contribution >= 0.6 is 0 Å². The molecule has 37 heavy (non-hydrogen) atoms. The van der Waals surface area contributed by atoms with Crippen molar-refractivity contribution in [3.63, 3.8) is 0 Å². The van der Waals surface area contributed by atoms with Gasteiger partial charge < -0.3 is 14.5 Å². The molecule has 0 aliphatic rings. The minimum atomic E-state index is -4.13. The van der Waals surface area contributed by atoms with Gasteiger partial charge in [-0.15, -0.1) is 0 Å². The van der Waals surface area contributed by atoms with Crippen molar-refractivity contribution in [2.75, 3.05) is 13.7 Å². The summed E-state index contributed by atoms with van der Waals surface area (Å²) in [5.74, 6) is -0.439. The lowest BCUT2D eigenvalue weighted by molar-refractivity contribution is 0.0526.